The Hall–Kier alpha value is -0.0400. The van der Waals surface area contributed by atoms with Crippen molar-refractivity contribution in [3.63, 3.8) is 0 Å². The largest absolute Gasteiger partial charge is 0.379 e. The summed E-state index contributed by atoms with van der Waals surface area (Å²) in [5.41, 5.74) is 0.917. The summed E-state index contributed by atoms with van der Waals surface area (Å²) in [6.45, 7) is 19.7. The van der Waals surface area contributed by atoms with Gasteiger partial charge in [0, 0.05) is 7.11 Å². The van der Waals surface area contributed by atoms with E-state index in [9.17, 15) is 0 Å². The molecule has 0 rings (SSSR count). The summed E-state index contributed by atoms with van der Waals surface area (Å²) in [5.74, 6) is 0. The quantitative estimate of drug-likeness (QED) is 0.561. The maximum absolute atomic E-state index is 4.94. The number of hydrogen-bond acceptors (Lipinski definition) is 1. The van der Waals surface area contributed by atoms with Crippen molar-refractivity contribution in [2.24, 2.45) is 10.8 Å². The van der Waals surface area contributed by atoms with Gasteiger partial charge in [0.15, 0.2) is 0 Å². The molecule has 0 fully saturated rings. The van der Waals surface area contributed by atoms with Crippen LogP contribution in [0.3, 0.4) is 0 Å². The second-order valence-electron chi connectivity index (χ2n) is 6.82. The minimum atomic E-state index is 0.0417. The molecule has 14 heavy (non-hydrogen) atoms. The van der Waals surface area contributed by atoms with Gasteiger partial charge >= 0.3 is 0 Å². The van der Waals surface area contributed by atoms with Crippen molar-refractivity contribution in [2.75, 3.05) is 7.11 Å². The third kappa shape index (κ3) is 10.0. The van der Waals surface area contributed by atoms with E-state index in [0.717, 1.165) is 0 Å². The smallest absolute Gasteiger partial charge is 0.0594 e. The average Bonchev–Trinajstić information content (AvgIpc) is 1.82. The van der Waals surface area contributed by atoms with Gasteiger partial charge in [-0.25, -0.2) is 0 Å². The van der Waals surface area contributed by atoms with Gasteiger partial charge in [-0.15, -0.1) is 0 Å². The van der Waals surface area contributed by atoms with E-state index in [-0.39, 0.29) is 5.60 Å². The van der Waals surface area contributed by atoms with Crippen LogP contribution in [-0.4, -0.2) is 12.7 Å². The highest BCUT2D eigenvalue weighted by Gasteiger charge is 2.26. The summed E-state index contributed by atoms with van der Waals surface area (Å²) in [5, 5.41) is 0. The fraction of sp³-hybridized carbons (Fsp3) is 1.00. The Morgan fingerprint density at radius 1 is 0.571 bits per heavy atom. The highest BCUT2D eigenvalue weighted by molar-refractivity contribution is 4.77. The second kappa shape index (κ2) is 5.16. The van der Waals surface area contributed by atoms with Crippen LogP contribution in [-0.2, 0) is 4.74 Å². The van der Waals surface area contributed by atoms with Gasteiger partial charge in [0.25, 0.3) is 0 Å². The van der Waals surface area contributed by atoms with Crippen LogP contribution in [0, 0.1) is 10.8 Å². The van der Waals surface area contributed by atoms with E-state index in [0.29, 0.717) is 10.8 Å². The van der Waals surface area contributed by atoms with Crippen LogP contribution in [0.4, 0.5) is 0 Å². The summed E-state index contributed by atoms with van der Waals surface area (Å²) in [7, 11) is 1.71. The van der Waals surface area contributed by atoms with Gasteiger partial charge in [0.1, 0.15) is 0 Å². The van der Waals surface area contributed by atoms with E-state index in [1.165, 1.54) is 0 Å². The molecule has 0 aliphatic heterocycles. The van der Waals surface area contributed by atoms with Crippen LogP contribution in [0.25, 0.3) is 0 Å². The molecular weight excluding hydrogens is 172 g/mol. The van der Waals surface area contributed by atoms with Crippen LogP contribution in [0.5, 0.6) is 0 Å². The fourth-order valence-electron chi connectivity index (χ4n) is 0. The van der Waals surface area contributed by atoms with Crippen molar-refractivity contribution in [1.82, 2.24) is 0 Å². The van der Waals surface area contributed by atoms with E-state index in [2.05, 4.69) is 41.5 Å². The molecule has 0 aliphatic rings. The van der Waals surface area contributed by atoms with Gasteiger partial charge in [-0.1, -0.05) is 41.5 Å². The molecule has 0 amide bonds. The molecule has 0 heterocycles. The van der Waals surface area contributed by atoms with Crippen molar-refractivity contribution in [1.29, 1.82) is 0 Å². The highest BCUT2D eigenvalue weighted by atomic mass is 16.5. The van der Waals surface area contributed by atoms with Gasteiger partial charge < -0.3 is 4.74 Å². The van der Waals surface area contributed by atoms with E-state index in [1.807, 2.05) is 20.8 Å². The summed E-state index contributed by atoms with van der Waals surface area (Å²) in [4.78, 5) is 0. The number of hydrogen-bond donors (Lipinski definition) is 0. The maximum atomic E-state index is 4.94. The molecule has 1 nitrogen and oxygen atoms in total. The van der Waals surface area contributed by atoms with Crippen molar-refractivity contribution in [3.05, 3.63) is 0 Å². The molecular formula is C13H30O. The standard InChI is InChI=1S/C8H18.C5H12O/c1-7(2,3)8(4,5)6;1-5(2,3)6-4/h1-6H3;1-4H3. The number of methoxy groups -OCH3 is 1. The predicted octanol–water partition coefficient (Wildman–Crippen LogP) is 4.51. The van der Waals surface area contributed by atoms with Crippen LogP contribution in [0.15, 0.2) is 0 Å². The van der Waals surface area contributed by atoms with Gasteiger partial charge in [-0.05, 0) is 31.6 Å². The molecule has 0 bridgehead atoms. The minimum Gasteiger partial charge on any atom is -0.379 e. The fourth-order valence-corrected chi connectivity index (χ4v) is 0. The Kier molecular flexibility index (Phi) is 6.04. The molecule has 1 heteroatoms. The number of rotatable bonds is 0. The van der Waals surface area contributed by atoms with Crippen molar-refractivity contribution in [2.45, 2.75) is 67.9 Å². The van der Waals surface area contributed by atoms with Crippen molar-refractivity contribution in [3.8, 4) is 0 Å². The molecule has 0 saturated carbocycles. The molecule has 0 aromatic carbocycles. The minimum absolute atomic E-state index is 0.0417. The predicted molar refractivity (Wildman–Crippen MR) is 65.7 cm³/mol. The van der Waals surface area contributed by atoms with Crippen molar-refractivity contribution >= 4 is 0 Å². The molecule has 0 saturated heterocycles. The Balaban J connectivity index is 0. The normalized spacial score (nSPS) is 13.3. The summed E-state index contributed by atoms with van der Waals surface area (Å²) in [6.07, 6.45) is 0. The lowest BCUT2D eigenvalue weighted by atomic mass is 9.71. The molecule has 0 unspecified atom stereocenters. The zero-order valence-electron chi connectivity index (χ0n) is 11.9. The number of ether oxygens (including phenoxy) is 1. The highest BCUT2D eigenvalue weighted by Crippen LogP contribution is 2.36. The topological polar surface area (TPSA) is 9.23 Å². The second-order valence-corrected chi connectivity index (χ2v) is 6.82. The van der Waals surface area contributed by atoms with Crippen LogP contribution in [0.2, 0.25) is 0 Å². The van der Waals surface area contributed by atoms with Crippen molar-refractivity contribution < 1.29 is 4.74 Å². The van der Waals surface area contributed by atoms with E-state index < -0.39 is 0 Å². The summed E-state index contributed by atoms with van der Waals surface area (Å²) < 4.78 is 4.94. The zero-order chi connectivity index (χ0) is 12.2. The monoisotopic (exact) mass is 202 g/mol. The first kappa shape index (κ1) is 16.4. The maximum Gasteiger partial charge on any atom is 0.0594 e. The first-order valence-corrected chi connectivity index (χ1v) is 5.36. The van der Waals surface area contributed by atoms with Gasteiger partial charge in [-0.2, -0.15) is 0 Å². The molecule has 0 aromatic rings. The first-order valence-electron chi connectivity index (χ1n) is 5.36. The van der Waals surface area contributed by atoms with Crippen LogP contribution >= 0.6 is 0 Å². The van der Waals surface area contributed by atoms with Gasteiger partial charge in [0.2, 0.25) is 0 Å². The Morgan fingerprint density at radius 3 is 0.714 bits per heavy atom. The van der Waals surface area contributed by atoms with E-state index >= 15 is 0 Å². The molecule has 0 aliphatic carbocycles. The molecule has 0 radical (unpaired) electrons. The Morgan fingerprint density at radius 2 is 0.714 bits per heavy atom. The van der Waals surface area contributed by atoms with E-state index in [1.54, 1.807) is 7.11 Å². The average molecular weight is 202 g/mol. The summed E-state index contributed by atoms with van der Waals surface area (Å²) >= 11 is 0. The lowest BCUT2D eigenvalue weighted by Crippen LogP contribution is -2.25. The zero-order valence-corrected chi connectivity index (χ0v) is 11.9. The third-order valence-corrected chi connectivity index (χ3v) is 2.86. The molecule has 0 aromatic heterocycles. The van der Waals surface area contributed by atoms with Gasteiger partial charge in [-0.3, -0.25) is 0 Å². The first-order chi connectivity index (χ1) is 5.81. The summed E-state index contributed by atoms with van der Waals surface area (Å²) in [6, 6.07) is 0. The molecule has 0 atom stereocenters. The Labute approximate surface area is 91.2 Å². The molecule has 0 N–H and O–H groups in total. The lowest BCUT2D eigenvalue weighted by molar-refractivity contribution is 0.0397. The van der Waals surface area contributed by atoms with Crippen LogP contribution in [0.1, 0.15) is 62.3 Å². The Bertz CT molecular complexity index is 126. The van der Waals surface area contributed by atoms with Crippen LogP contribution < -0.4 is 0 Å². The lowest BCUT2D eigenvalue weighted by Gasteiger charge is -2.34. The third-order valence-electron chi connectivity index (χ3n) is 2.86. The van der Waals surface area contributed by atoms with E-state index in [4.69, 9.17) is 4.74 Å². The SMILES string of the molecule is CC(C)(C)C(C)(C)C.COC(C)(C)C. The molecule has 88 valence electrons. The molecule has 0 spiro atoms. The van der Waals surface area contributed by atoms with Gasteiger partial charge in [0.05, 0.1) is 5.60 Å².